The zero-order valence-corrected chi connectivity index (χ0v) is 14.3. The van der Waals surface area contributed by atoms with Gasteiger partial charge in [-0.3, -0.25) is 9.78 Å². The average Bonchev–Trinajstić information content (AvgIpc) is 2.55. The van der Waals surface area contributed by atoms with Crippen molar-refractivity contribution in [1.82, 2.24) is 10.3 Å². The zero-order chi connectivity index (χ0) is 16.7. The van der Waals surface area contributed by atoms with Crippen LogP contribution in [0.15, 0.2) is 36.5 Å². The van der Waals surface area contributed by atoms with E-state index in [9.17, 15) is 4.79 Å². The second kappa shape index (κ2) is 8.53. The predicted octanol–water partition coefficient (Wildman–Crippen LogP) is 4.71. The molecule has 2 N–H and O–H groups in total. The lowest BCUT2D eigenvalue weighted by molar-refractivity contribution is 0.0948. The zero-order valence-electron chi connectivity index (χ0n) is 13.5. The van der Waals surface area contributed by atoms with Crippen LogP contribution in [-0.2, 0) is 0 Å². The summed E-state index contributed by atoms with van der Waals surface area (Å²) in [6, 6.07) is 9.33. The first-order valence-corrected chi connectivity index (χ1v) is 8.25. The fraction of sp³-hybridized carbons (Fsp3) is 0.333. The first-order valence-electron chi connectivity index (χ1n) is 7.87. The molecule has 0 saturated carbocycles. The van der Waals surface area contributed by atoms with Gasteiger partial charge in [-0.1, -0.05) is 37.4 Å². The number of anilines is 2. The Hall–Kier alpha value is -2.07. The van der Waals surface area contributed by atoms with Gasteiger partial charge in [-0.2, -0.15) is 0 Å². The monoisotopic (exact) mass is 331 g/mol. The molecule has 0 bridgehead atoms. The van der Waals surface area contributed by atoms with Crippen molar-refractivity contribution in [3.05, 3.63) is 52.8 Å². The van der Waals surface area contributed by atoms with E-state index in [1.165, 1.54) is 0 Å². The number of pyridine rings is 1. The lowest BCUT2D eigenvalue weighted by Crippen LogP contribution is -2.25. The van der Waals surface area contributed by atoms with Gasteiger partial charge in [-0.25, -0.2) is 0 Å². The minimum Gasteiger partial charge on any atom is -0.355 e. The number of nitrogens with one attached hydrogen (secondary N) is 2. The van der Waals surface area contributed by atoms with Crippen LogP contribution in [0, 0.1) is 6.92 Å². The fourth-order valence-corrected chi connectivity index (χ4v) is 2.32. The molecule has 1 amide bonds. The quantitative estimate of drug-likeness (QED) is 0.722. The number of unbranched alkanes of at least 4 members (excludes halogenated alkanes) is 2. The third-order valence-corrected chi connectivity index (χ3v) is 3.93. The molecule has 122 valence electrons. The summed E-state index contributed by atoms with van der Waals surface area (Å²) < 4.78 is 0. The van der Waals surface area contributed by atoms with Crippen molar-refractivity contribution in [3.8, 4) is 0 Å². The molecule has 2 rings (SSSR count). The summed E-state index contributed by atoms with van der Waals surface area (Å²) in [5.74, 6) is -0.147. The molecule has 1 aromatic carbocycles. The van der Waals surface area contributed by atoms with E-state index in [2.05, 4.69) is 22.5 Å². The molecule has 0 unspecified atom stereocenters. The molecule has 1 aromatic heterocycles. The lowest BCUT2D eigenvalue weighted by Gasteiger charge is -2.09. The molecule has 0 saturated heterocycles. The number of carbonyl (C=O) groups is 1. The molecule has 2 aromatic rings. The van der Waals surface area contributed by atoms with Gasteiger partial charge in [-0.05, 0) is 43.2 Å². The summed E-state index contributed by atoms with van der Waals surface area (Å²) in [7, 11) is 0. The molecule has 0 aliphatic rings. The van der Waals surface area contributed by atoms with Crippen molar-refractivity contribution in [1.29, 1.82) is 0 Å². The van der Waals surface area contributed by atoms with Crippen LogP contribution >= 0.6 is 11.6 Å². The van der Waals surface area contributed by atoms with Crippen molar-refractivity contribution in [2.75, 3.05) is 11.9 Å². The van der Waals surface area contributed by atoms with Gasteiger partial charge in [0, 0.05) is 29.1 Å². The second-order valence-electron chi connectivity index (χ2n) is 5.48. The number of benzene rings is 1. The Morgan fingerprint density at radius 3 is 2.70 bits per heavy atom. The van der Waals surface area contributed by atoms with Gasteiger partial charge >= 0.3 is 0 Å². The Labute approximate surface area is 142 Å². The Bertz CT molecular complexity index is 673. The maximum Gasteiger partial charge on any atom is 0.269 e. The topological polar surface area (TPSA) is 54.0 Å². The lowest BCUT2D eigenvalue weighted by atomic mass is 10.2. The molecule has 0 fully saturated rings. The number of aryl methyl sites for hydroxylation is 1. The summed E-state index contributed by atoms with van der Waals surface area (Å²) in [4.78, 5) is 16.2. The number of nitrogens with zero attached hydrogens (tertiary/aromatic N) is 1. The molecule has 0 atom stereocenters. The van der Waals surface area contributed by atoms with Crippen molar-refractivity contribution >= 4 is 28.9 Å². The fourth-order valence-electron chi connectivity index (χ4n) is 2.14. The number of aromatic nitrogens is 1. The van der Waals surface area contributed by atoms with Crippen molar-refractivity contribution < 1.29 is 4.79 Å². The van der Waals surface area contributed by atoms with Gasteiger partial charge in [0.05, 0.1) is 0 Å². The van der Waals surface area contributed by atoms with Crippen molar-refractivity contribution in [3.63, 3.8) is 0 Å². The van der Waals surface area contributed by atoms with E-state index in [1.807, 2.05) is 31.2 Å². The third-order valence-electron chi connectivity index (χ3n) is 3.52. The smallest absolute Gasteiger partial charge is 0.269 e. The molecule has 0 spiro atoms. The predicted molar refractivity (Wildman–Crippen MR) is 95.6 cm³/mol. The highest BCUT2D eigenvalue weighted by Gasteiger charge is 2.07. The van der Waals surface area contributed by atoms with Crippen LogP contribution in [0.2, 0.25) is 5.02 Å². The van der Waals surface area contributed by atoms with Crippen LogP contribution in [0.25, 0.3) is 0 Å². The van der Waals surface area contributed by atoms with Crippen LogP contribution in [0.4, 0.5) is 11.4 Å². The van der Waals surface area contributed by atoms with E-state index in [0.717, 1.165) is 36.2 Å². The molecule has 0 radical (unpaired) electrons. The van der Waals surface area contributed by atoms with E-state index in [1.54, 1.807) is 12.3 Å². The first-order chi connectivity index (χ1) is 11.1. The largest absolute Gasteiger partial charge is 0.355 e. The van der Waals surface area contributed by atoms with E-state index >= 15 is 0 Å². The van der Waals surface area contributed by atoms with Gasteiger partial charge in [-0.15, -0.1) is 0 Å². The normalized spacial score (nSPS) is 10.4. The SMILES string of the molecule is CCCCCNC(=O)c1cc(Nc2ccc(C)c(Cl)c2)ccn1. The number of hydrogen-bond donors (Lipinski definition) is 2. The minimum atomic E-state index is -0.147. The van der Waals surface area contributed by atoms with Crippen LogP contribution in [0.3, 0.4) is 0 Å². The Morgan fingerprint density at radius 1 is 1.17 bits per heavy atom. The molecule has 23 heavy (non-hydrogen) atoms. The molecule has 0 aliphatic carbocycles. The number of halogens is 1. The van der Waals surface area contributed by atoms with Crippen LogP contribution in [0.1, 0.15) is 42.2 Å². The van der Waals surface area contributed by atoms with Gasteiger partial charge in [0.1, 0.15) is 5.69 Å². The average molecular weight is 332 g/mol. The summed E-state index contributed by atoms with van der Waals surface area (Å²) >= 11 is 6.13. The first kappa shape index (κ1) is 17.3. The summed E-state index contributed by atoms with van der Waals surface area (Å²) in [5, 5.41) is 6.84. The minimum absolute atomic E-state index is 0.147. The number of rotatable bonds is 7. The summed E-state index contributed by atoms with van der Waals surface area (Å²) in [6.07, 6.45) is 4.86. The second-order valence-corrected chi connectivity index (χ2v) is 5.89. The third kappa shape index (κ3) is 5.25. The molecular formula is C18H22ClN3O. The van der Waals surface area contributed by atoms with Gasteiger partial charge in [0.15, 0.2) is 0 Å². The highest BCUT2D eigenvalue weighted by atomic mass is 35.5. The number of hydrogen-bond acceptors (Lipinski definition) is 3. The van der Waals surface area contributed by atoms with Crippen LogP contribution < -0.4 is 10.6 Å². The number of carbonyl (C=O) groups excluding carboxylic acids is 1. The van der Waals surface area contributed by atoms with E-state index < -0.39 is 0 Å². The molecule has 4 nitrogen and oxygen atoms in total. The van der Waals surface area contributed by atoms with Gasteiger partial charge in [0.2, 0.25) is 0 Å². The van der Waals surface area contributed by atoms with Crippen LogP contribution in [-0.4, -0.2) is 17.4 Å². The summed E-state index contributed by atoms with van der Waals surface area (Å²) in [6.45, 7) is 4.77. The summed E-state index contributed by atoms with van der Waals surface area (Å²) in [5.41, 5.74) is 3.11. The van der Waals surface area contributed by atoms with Gasteiger partial charge in [0.25, 0.3) is 5.91 Å². The molecule has 0 aliphatic heterocycles. The Kier molecular flexibility index (Phi) is 6.41. The van der Waals surface area contributed by atoms with E-state index in [-0.39, 0.29) is 5.91 Å². The standard InChI is InChI=1S/C18H22ClN3O/c1-3-4-5-9-21-18(23)17-12-15(8-10-20-17)22-14-7-6-13(2)16(19)11-14/h6-8,10-12H,3-5,9H2,1-2H3,(H,20,22)(H,21,23). The molecular weight excluding hydrogens is 310 g/mol. The molecule has 5 heteroatoms. The Morgan fingerprint density at radius 2 is 1.96 bits per heavy atom. The van der Waals surface area contributed by atoms with E-state index in [4.69, 9.17) is 11.6 Å². The molecule has 1 heterocycles. The highest BCUT2D eigenvalue weighted by Crippen LogP contribution is 2.23. The van der Waals surface area contributed by atoms with E-state index in [0.29, 0.717) is 17.3 Å². The van der Waals surface area contributed by atoms with Crippen molar-refractivity contribution in [2.45, 2.75) is 33.1 Å². The van der Waals surface area contributed by atoms with Crippen LogP contribution in [0.5, 0.6) is 0 Å². The Balaban J connectivity index is 2.01. The highest BCUT2D eigenvalue weighted by molar-refractivity contribution is 6.31. The van der Waals surface area contributed by atoms with Gasteiger partial charge < -0.3 is 10.6 Å². The van der Waals surface area contributed by atoms with Crippen molar-refractivity contribution in [2.24, 2.45) is 0 Å². The number of amides is 1. The maximum absolute atomic E-state index is 12.1. The maximum atomic E-state index is 12.1.